The van der Waals surface area contributed by atoms with Crippen LogP contribution < -0.4 is 5.32 Å². The molecular weight excluding hydrogens is 226 g/mol. The number of nitrogens with one attached hydrogen (secondary N) is 1. The molecule has 18 heavy (non-hydrogen) atoms. The maximum atomic E-state index is 11.1. The molecule has 0 saturated carbocycles. The summed E-state index contributed by atoms with van der Waals surface area (Å²) in [6.07, 6.45) is 1.37. The van der Waals surface area contributed by atoms with Gasteiger partial charge in [0.1, 0.15) is 17.1 Å². The van der Waals surface area contributed by atoms with Crippen molar-refractivity contribution in [3.8, 4) is 0 Å². The number of rotatable bonds is 6. The lowest BCUT2D eigenvalue weighted by molar-refractivity contribution is -0.116. The van der Waals surface area contributed by atoms with Gasteiger partial charge in [-0.05, 0) is 31.2 Å². The van der Waals surface area contributed by atoms with Crippen LogP contribution in [0.4, 0.5) is 0 Å². The zero-order valence-electron chi connectivity index (χ0n) is 11.0. The minimum absolute atomic E-state index is 0. The van der Waals surface area contributed by atoms with Crippen molar-refractivity contribution < 1.29 is 10.6 Å². The fraction of sp³-hybridized carbons (Fsp3) is 0.400. The van der Waals surface area contributed by atoms with Crippen LogP contribution in [0.5, 0.6) is 0 Å². The Hall–Kier alpha value is -1.61. The van der Waals surface area contributed by atoms with Crippen molar-refractivity contribution in [2.75, 3.05) is 13.1 Å². The largest absolute Gasteiger partial charge is 0.461 e. The maximum Gasteiger partial charge on any atom is 0.134 e. The second-order valence-electron chi connectivity index (χ2n) is 4.57. The molecule has 0 aliphatic rings. The van der Waals surface area contributed by atoms with E-state index in [1.54, 1.807) is 6.92 Å². The quantitative estimate of drug-likeness (QED) is 0.798. The first kappa shape index (κ1) is 12.8. The first-order valence-electron chi connectivity index (χ1n) is 6.40. The maximum absolute atomic E-state index is 11.1. The van der Waals surface area contributed by atoms with Gasteiger partial charge in [-0.1, -0.05) is 19.1 Å². The van der Waals surface area contributed by atoms with Gasteiger partial charge in [-0.3, -0.25) is 4.79 Å². The summed E-state index contributed by atoms with van der Waals surface area (Å²) in [4.78, 5) is 11.1. The molecule has 3 heteroatoms. The molecule has 0 aliphatic carbocycles. The topological polar surface area (TPSA) is 42.2 Å². The van der Waals surface area contributed by atoms with Crippen molar-refractivity contribution in [1.29, 1.82) is 0 Å². The van der Waals surface area contributed by atoms with Crippen LogP contribution in [0.3, 0.4) is 0 Å². The Morgan fingerprint density at radius 3 is 2.94 bits per heavy atom. The molecule has 0 aliphatic heterocycles. The number of carbonyl (C=O) groups is 1. The van der Waals surface area contributed by atoms with Crippen molar-refractivity contribution in [2.45, 2.75) is 26.7 Å². The third-order valence-electron chi connectivity index (χ3n) is 2.89. The molecule has 0 bridgehead atoms. The van der Waals surface area contributed by atoms with E-state index in [9.17, 15) is 4.79 Å². The van der Waals surface area contributed by atoms with E-state index in [-0.39, 0.29) is 7.21 Å². The Balaban J connectivity index is 0.00000180. The van der Waals surface area contributed by atoms with Gasteiger partial charge in [0.25, 0.3) is 0 Å². The highest BCUT2D eigenvalue weighted by atomic mass is 16.3. The molecule has 0 saturated heterocycles. The van der Waals surface area contributed by atoms with Crippen LogP contribution in [0.25, 0.3) is 11.0 Å². The highest BCUT2D eigenvalue weighted by Crippen LogP contribution is 2.21. The summed E-state index contributed by atoms with van der Waals surface area (Å²) in [6.45, 7) is 5.60. The molecule has 1 heterocycles. The monoisotopic (exact) mass is 247 g/mol. The molecule has 0 amide bonds. The normalized spacial score (nSPS) is 11.0. The number of Topliss-reactive ketones (excluding diaryl/α,β-unsaturated/α-hetero) is 1. The number of ketones is 1. The van der Waals surface area contributed by atoms with E-state index >= 15 is 0 Å². The summed E-state index contributed by atoms with van der Waals surface area (Å²) >= 11 is 0. The van der Waals surface area contributed by atoms with Gasteiger partial charge >= 0.3 is 0 Å². The Labute approximate surface area is 109 Å². The summed E-state index contributed by atoms with van der Waals surface area (Å²) in [6, 6.07) is 8.05. The van der Waals surface area contributed by atoms with Crippen LogP contribution in [-0.4, -0.2) is 18.9 Å². The lowest BCUT2D eigenvalue weighted by Gasteiger charge is -1.97. The van der Waals surface area contributed by atoms with E-state index in [4.69, 9.17) is 4.42 Å². The van der Waals surface area contributed by atoms with E-state index in [0.717, 1.165) is 41.8 Å². The first-order chi connectivity index (χ1) is 8.69. The lowest BCUT2D eigenvalue weighted by atomic mass is 10.1. The average molecular weight is 247 g/mol. The molecule has 2 rings (SSSR count). The van der Waals surface area contributed by atoms with Crippen molar-refractivity contribution in [3.05, 3.63) is 35.6 Å². The Morgan fingerprint density at radius 2 is 2.22 bits per heavy atom. The molecule has 2 aromatic rings. The number of carbonyl (C=O) groups excluding carboxylic acids is 1. The van der Waals surface area contributed by atoms with Gasteiger partial charge in [-0.25, -0.2) is 0 Å². The Morgan fingerprint density at radius 1 is 1.39 bits per heavy atom. The molecule has 0 radical (unpaired) electrons. The molecule has 0 atom stereocenters. The van der Waals surface area contributed by atoms with Crippen LogP contribution in [-0.2, 0) is 17.6 Å². The van der Waals surface area contributed by atoms with E-state index < -0.39 is 0 Å². The summed E-state index contributed by atoms with van der Waals surface area (Å²) in [5.41, 5.74) is 1.89. The summed E-state index contributed by atoms with van der Waals surface area (Å²) in [5.74, 6) is 1.17. The number of likely N-dealkylation sites (N-methyl/N-ethyl adjacent to an activating group) is 1. The van der Waals surface area contributed by atoms with Crippen molar-refractivity contribution in [2.24, 2.45) is 0 Å². The van der Waals surface area contributed by atoms with Gasteiger partial charge in [-0.2, -0.15) is 0 Å². The fourth-order valence-corrected chi connectivity index (χ4v) is 2.04. The molecule has 0 unspecified atom stereocenters. The molecule has 0 spiro atoms. The highest BCUT2D eigenvalue weighted by molar-refractivity contribution is 5.82. The molecule has 1 N–H and O–H groups in total. The third kappa shape index (κ3) is 3.20. The standard InChI is InChI=1S/C15H19NO2.H2/c1-3-16-7-6-14-10-13-5-4-12(8-11(2)17)9-15(13)18-14;/h4-5,9-10,16H,3,6-8H2,1-2H3;1H. The summed E-state index contributed by atoms with van der Waals surface area (Å²) in [5, 5.41) is 4.38. The first-order valence-corrected chi connectivity index (χ1v) is 6.40. The predicted octanol–water partition coefficient (Wildman–Crippen LogP) is 2.96. The second-order valence-corrected chi connectivity index (χ2v) is 4.57. The number of benzene rings is 1. The van der Waals surface area contributed by atoms with E-state index in [2.05, 4.69) is 18.3 Å². The number of furan rings is 1. The molecule has 3 nitrogen and oxygen atoms in total. The highest BCUT2D eigenvalue weighted by Gasteiger charge is 2.05. The van der Waals surface area contributed by atoms with Gasteiger partial charge in [0.05, 0.1) is 0 Å². The minimum atomic E-state index is 0. The van der Waals surface area contributed by atoms with Gasteiger partial charge < -0.3 is 9.73 Å². The summed E-state index contributed by atoms with van der Waals surface area (Å²) < 4.78 is 5.79. The van der Waals surface area contributed by atoms with Crippen LogP contribution in [0, 0.1) is 0 Å². The van der Waals surface area contributed by atoms with Crippen molar-refractivity contribution >= 4 is 16.8 Å². The molecule has 1 aromatic heterocycles. The minimum Gasteiger partial charge on any atom is -0.461 e. The Kier molecular flexibility index (Phi) is 4.15. The predicted molar refractivity (Wildman–Crippen MR) is 75.0 cm³/mol. The molecule has 0 fully saturated rings. The van der Waals surface area contributed by atoms with Crippen molar-refractivity contribution in [1.82, 2.24) is 5.32 Å². The Bertz CT molecular complexity index is 548. The number of fused-ring (bicyclic) bond motifs is 1. The fourth-order valence-electron chi connectivity index (χ4n) is 2.04. The van der Waals surface area contributed by atoms with Gasteiger partial charge in [0.2, 0.25) is 0 Å². The van der Waals surface area contributed by atoms with Gasteiger partial charge in [0, 0.05) is 26.2 Å². The summed E-state index contributed by atoms with van der Waals surface area (Å²) in [7, 11) is 0. The average Bonchev–Trinajstić information content (AvgIpc) is 2.70. The van der Waals surface area contributed by atoms with E-state index in [0.29, 0.717) is 6.42 Å². The third-order valence-corrected chi connectivity index (χ3v) is 2.89. The van der Waals surface area contributed by atoms with E-state index in [1.165, 1.54) is 0 Å². The van der Waals surface area contributed by atoms with Crippen LogP contribution in [0.2, 0.25) is 0 Å². The molecule has 98 valence electrons. The zero-order valence-corrected chi connectivity index (χ0v) is 11.0. The zero-order chi connectivity index (χ0) is 13.0. The van der Waals surface area contributed by atoms with Crippen LogP contribution in [0.15, 0.2) is 28.7 Å². The van der Waals surface area contributed by atoms with Crippen LogP contribution >= 0.6 is 0 Å². The van der Waals surface area contributed by atoms with E-state index in [1.807, 2.05) is 18.2 Å². The van der Waals surface area contributed by atoms with Crippen molar-refractivity contribution in [3.63, 3.8) is 0 Å². The lowest BCUT2D eigenvalue weighted by Crippen LogP contribution is -2.15. The van der Waals surface area contributed by atoms with Gasteiger partial charge in [0.15, 0.2) is 0 Å². The second kappa shape index (κ2) is 5.83. The number of hydrogen-bond donors (Lipinski definition) is 1. The SMILES string of the molecule is CCNCCc1cc2ccc(CC(C)=O)cc2o1.[HH]. The van der Waals surface area contributed by atoms with Gasteiger partial charge in [-0.15, -0.1) is 0 Å². The molecular formula is C15H21NO2. The molecule has 1 aromatic carbocycles. The van der Waals surface area contributed by atoms with Crippen LogP contribution in [0.1, 0.15) is 26.6 Å². The number of hydrogen-bond acceptors (Lipinski definition) is 3. The smallest absolute Gasteiger partial charge is 0.134 e.